The van der Waals surface area contributed by atoms with Gasteiger partial charge in [0.05, 0.1) is 15.7 Å². The lowest BCUT2D eigenvalue weighted by Gasteiger charge is -2.41. The smallest absolute Gasteiger partial charge is 0.319 e. The van der Waals surface area contributed by atoms with E-state index in [1.165, 1.54) is 12.1 Å². The third-order valence-electron chi connectivity index (χ3n) is 5.37. The molecule has 1 amide bonds. The van der Waals surface area contributed by atoms with E-state index >= 15 is 0 Å². The molecule has 0 bridgehead atoms. The zero-order chi connectivity index (χ0) is 25.9. The Morgan fingerprint density at radius 2 is 1.91 bits per heavy atom. The quantitative estimate of drug-likeness (QED) is 0.320. The third-order valence-corrected chi connectivity index (χ3v) is 6.94. The molecule has 2 atom stereocenters. The van der Waals surface area contributed by atoms with E-state index in [2.05, 4.69) is 4.90 Å². The molecule has 0 aromatic heterocycles. The van der Waals surface area contributed by atoms with Crippen LogP contribution in [0, 0.1) is 10.1 Å². The largest absolute Gasteiger partial charge is 0.459 e. The first-order chi connectivity index (χ1) is 16.4. The van der Waals surface area contributed by atoms with Crippen LogP contribution < -0.4 is 4.90 Å². The number of piperazine rings is 1. The maximum atomic E-state index is 13.1. The SMILES string of the molecule is C[C@@H]1CN(C(=O)c2ccc(S(=O)CC(=O)OC(C)(C)C)c([N+](=O)[O-])c2)CCN1c1cccc(Cl)c1. The number of ether oxygens (including phenoxy) is 1. The molecule has 11 heteroatoms. The molecule has 1 aliphatic rings. The fourth-order valence-electron chi connectivity index (χ4n) is 3.90. The summed E-state index contributed by atoms with van der Waals surface area (Å²) in [6.07, 6.45) is 0. The van der Waals surface area contributed by atoms with Crippen molar-refractivity contribution in [1.82, 2.24) is 4.90 Å². The van der Waals surface area contributed by atoms with Gasteiger partial charge < -0.3 is 14.5 Å². The van der Waals surface area contributed by atoms with Gasteiger partial charge in [-0.15, -0.1) is 0 Å². The summed E-state index contributed by atoms with van der Waals surface area (Å²) in [6, 6.07) is 11.3. The van der Waals surface area contributed by atoms with Gasteiger partial charge in [0.2, 0.25) is 0 Å². The van der Waals surface area contributed by atoms with Gasteiger partial charge in [0, 0.05) is 48.0 Å². The molecule has 9 nitrogen and oxygen atoms in total. The molecule has 0 aliphatic carbocycles. The Morgan fingerprint density at radius 1 is 1.20 bits per heavy atom. The van der Waals surface area contributed by atoms with Crippen LogP contribution >= 0.6 is 11.6 Å². The van der Waals surface area contributed by atoms with Crippen molar-refractivity contribution >= 4 is 45.7 Å². The highest BCUT2D eigenvalue weighted by Gasteiger charge is 2.30. The minimum atomic E-state index is -2.00. The summed E-state index contributed by atoms with van der Waals surface area (Å²) in [7, 11) is -2.00. The lowest BCUT2D eigenvalue weighted by atomic mass is 10.1. The van der Waals surface area contributed by atoms with Crippen LogP contribution in [-0.4, -0.2) is 62.9 Å². The predicted octanol–water partition coefficient (Wildman–Crippen LogP) is 4.05. The molecule has 1 unspecified atom stereocenters. The summed E-state index contributed by atoms with van der Waals surface area (Å²) in [5, 5.41) is 12.3. The second kappa shape index (κ2) is 10.7. The maximum Gasteiger partial charge on any atom is 0.319 e. The molecule has 0 N–H and O–H groups in total. The van der Waals surface area contributed by atoms with E-state index in [0.717, 1.165) is 11.8 Å². The van der Waals surface area contributed by atoms with Gasteiger partial charge >= 0.3 is 5.97 Å². The van der Waals surface area contributed by atoms with Crippen molar-refractivity contribution in [2.45, 2.75) is 44.2 Å². The van der Waals surface area contributed by atoms with Crippen LogP contribution in [0.4, 0.5) is 11.4 Å². The van der Waals surface area contributed by atoms with E-state index in [9.17, 15) is 23.9 Å². The monoisotopic (exact) mass is 521 g/mol. The van der Waals surface area contributed by atoms with Crippen molar-refractivity contribution in [2.24, 2.45) is 0 Å². The van der Waals surface area contributed by atoms with Crippen molar-refractivity contribution in [3.05, 3.63) is 63.2 Å². The lowest BCUT2D eigenvalue weighted by Crippen LogP contribution is -2.53. The zero-order valence-electron chi connectivity index (χ0n) is 20.0. The Labute approximate surface area is 211 Å². The predicted molar refractivity (Wildman–Crippen MR) is 134 cm³/mol. The topological polar surface area (TPSA) is 110 Å². The second-order valence-electron chi connectivity index (χ2n) is 9.29. The molecule has 0 radical (unpaired) electrons. The first-order valence-electron chi connectivity index (χ1n) is 11.1. The Morgan fingerprint density at radius 3 is 2.51 bits per heavy atom. The van der Waals surface area contributed by atoms with Crippen LogP contribution in [0.15, 0.2) is 47.4 Å². The molecule has 188 valence electrons. The van der Waals surface area contributed by atoms with E-state index < -0.39 is 38.7 Å². The number of esters is 1. The first kappa shape index (κ1) is 26.6. The average Bonchev–Trinajstić information content (AvgIpc) is 2.76. The Bertz CT molecular complexity index is 1170. The average molecular weight is 522 g/mol. The number of halogens is 1. The van der Waals surface area contributed by atoms with Crippen molar-refractivity contribution in [3.8, 4) is 0 Å². The molecule has 2 aromatic rings. The number of benzene rings is 2. The third kappa shape index (κ3) is 6.79. The van der Waals surface area contributed by atoms with Crippen molar-refractivity contribution in [2.75, 3.05) is 30.3 Å². The number of rotatable bonds is 6. The van der Waals surface area contributed by atoms with Crippen LogP contribution in [0.5, 0.6) is 0 Å². The number of carbonyl (C=O) groups excluding carboxylic acids is 2. The molecule has 1 saturated heterocycles. The summed E-state index contributed by atoms with van der Waals surface area (Å²) in [4.78, 5) is 39.8. The molecule has 2 aromatic carbocycles. The van der Waals surface area contributed by atoms with Crippen LogP contribution in [0.25, 0.3) is 0 Å². The van der Waals surface area contributed by atoms with E-state index in [1.807, 2.05) is 25.1 Å². The fourth-order valence-corrected chi connectivity index (χ4v) is 5.10. The molecule has 1 aliphatic heterocycles. The minimum Gasteiger partial charge on any atom is -0.459 e. The van der Waals surface area contributed by atoms with E-state index in [0.29, 0.717) is 24.7 Å². The Hall–Kier alpha value is -2.98. The lowest BCUT2D eigenvalue weighted by molar-refractivity contribution is -0.387. The number of hydrogen-bond donors (Lipinski definition) is 0. The minimum absolute atomic E-state index is 0.00163. The molecular weight excluding hydrogens is 494 g/mol. The number of nitrogens with zero attached hydrogens (tertiary/aromatic N) is 3. The molecule has 0 saturated carbocycles. The highest BCUT2D eigenvalue weighted by atomic mass is 35.5. The summed E-state index contributed by atoms with van der Waals surface area (Å²) in [5.74, 6) is -1.60. The molecule has 1 heterocycles. The van der Waals surface area contributed by atoms with E-state index in [1.54, 1.807) is 31.7 Å². The van der Waals surface area contributed by atoms with Crippen LogP contribution in [0.1, 0.15) is 38.1 Å². The number of anilines is 1. The van der Waals surface area contributed by atoms with Gasteiger partial charge in [0.1, 0.15) is 16.2 Å². The number of amides is 1. The van der Waals surface area contributed by atoms with Crippen LogP contribution in [0.2, 0.25) is 5.02 Å². The summed E-state index contributed by atoms with van der Waals surface area (Å²) in [6.45, 7) is 8.44. The van der Waals surface area contributed by atoms with Crippen LogP contribution in [-0.2, 0) is 20.3 Å². The normalized spacial score (nSPS) is 17.1. The highest BCUT2D eigenvalue weighted by Crippen LogP contribution is 2.27. The first-order valence-corrected chi connectivity index (χ1v) is 12.8. The van der Waals surface area contributed by atoms with Gasteiger partial charge in [0.15, 0.2) is 0 Å². The van der Waals surface area contributed by atoms with Crippen LogP contribution in [0.3, 0.4) is 0 Å². The van der Waals surface area contributed by atoms with Gasteiger partial charge in [-0.2, -0.15) is 0 Å². The molecular formula is C24H28ClN3O6S. The summed E-state index contributed by atoms with van der Waals surface area (Å²) in [5.41, 5.74) is -0.150. The zero-order valence-corrected chi connectivity index (χ0v) is 21.6. The molecule has 0 spiro atoms. The Balaban J connectivity index is 1.75. The molecule has 1 fully saturated rings. The molecule has 3 rings (SSSR count). The maximum absolute atomic E-state index is 13.1. The number of hydrogen-bond acceptors (Lipinski definition) is 7. The van der Waals surface area contributed by atoms with Gasteiger partial charge in [0.25, 0.3) is 11.6 Å². The number of nitro groups is 1. The number of nitro benzene ring substituents is 1. The van der Waals surface area contributed by atoms with E-state index in [4.69, 9.17) is 16.3 Å². The van der Waals surface area contributed by atoms with Crippen molar-refractivity contribution < 1.29 is 23.5 Å². The molecule has 35 heavy (non-hydrogen) atoms. The van der Waals surface area contributed by atoms with Gasteiger partial charge in [-0.25, -0.2) is 0 Å². The number of carbonyl (C=O) groups is 2. The fraction of sp³-hybridized carbons (Fsp3) is 0.417. The van der Waals surface area contributed by atoms with Gasteiger partial charge in [-0.05, 0) is 58.0 Å². The van der Waals surface area contributed by atoms with Gasteiger partial charge in [-0.1, -0.05) is 17.7 Å². The second-order valence-corrected chi connectivity index (χ2v) is 11.1. The highest BCUT2D eigenvalue weighted by molar-refractivity contribution is 7.85. The standard InChI is InChI=1S/C24H28ClN3O6S/c1-16-14-26(10-11-27(16)19-7-5-6-18(25)13-19)23(30)17-8-9-21(20(12-17)28(31)32)35(33)15-22(29)34-24(2,3)4/h5-9,12-13,16H,10-11,14-15H2,1-4H3/t16-,35?/m1/s1. The van der Waals surface area contributed by atoms with Gasteiger partial charge in [-0.3, -0.25) is 23.9 Å². The summed E-state index contributed by atoms with van der Waals surface area (Å²) >= 11 is 6.11. The van der Waals surface area contributed by atoms with Crippen molar-refractivity contribution in [1.29, 1.82) is 0 Å². The summed E-state index contributed by atoms with van der Waals surface area (Å²) < 4.78 is 17.8. The van der Waals surface area contributed by atoms with Crippen molar-refractivity contribution in [3.63, 3.8) is 0 Å². The van der Waals surface area contributed by atoms with E-state index in [-0.39, 0.29) is 22.4 Å². The Kier molecular flexibility index (Phi) is 8.17.